The lowest BCUT2D eigenvalue weighted by Crippen LogP contribution is -2.55. The molecule has 10 nitrogen and oxygen atoms in total. The molecule has 1 fully saturated rings. The second-order valence-corrected chi connectivity index (χ2v) is 9.24. The molecule has 0 heterocycles. The van der Waals surface area contributed by atoms with Crippen LogP contribution in [0.2, 0.25) is 0 Å². The Hall–Kier alpha value is -2.56. The summed E-state index contributed by atoms with van der Waals surface area (Å²) in [6, 6.07) is 3.03. The molecule has 0 spiro atoms. The molecule has 0 aromatic heterocycles. The highest BCUT2D eigenvalue weighted by atomic mass is 35.5. The summed E-state index contributed by atoms with van der Waals surface area (Å²) in [4.78, 5) is 56.1. The van der Waals surface area contributed by atoms with E-state index in [1.165, 1.54) is 33.5 Å². The van der Waals surface area contributed by atoms with Crippen LogP contribution in [0.15, 0.2) is 12.1 Å². The number of Topliss-reactive ketones (excluding diaryl/α,β-unsaturated/α-hetero) is 2. The van der Waals surface area contributed by atoms with E-state index in [1.54, 1.807) is 18.7 Å². The van der Waals surface area contributed by atoms with Gasteiger partial charge >= 0.3 is 11.9 Å². The highest BCUT2D eigenvalue weighted by Crippen LogP contribution is 2.47. The number of methoxy groups -OCH3 is 3. The maximum atomic E-state index is 13.9. The van der Waals surface area contributed by atoms with Crippen LogP contribution in [-0.2, 0) is 28.7 Å². The average Bonchev–Trinajstić information content (AvgIpc) is 2.90. The van der Waals surface area contributed by atoms with Gasteiger partial charge in [0.1, 0.15) is 11.8 Å². The minimum atomic E-state index is -1.47. The summed E-state index contributed by atoms with van der Waals surface area (Å²) in [7, 11) is 4.24. The molecule has 0 N–H and O–H groups in total. The predicted molar refractivity (Wildman–Crippen MR) is 140 cm³/mol. The van der Waals surface area contributed by atoms with Crippen molar-refractivity contribution in [3.8, 4) is 17.2 Å². The smallest absolute Gasteiger partial charge is 0.317 e. The predicted octanol–water partition coefficient (Wildman–Crippen LogP) is 2.70. The molecule has 1 aromatic carbocycles. The Morgan fingerprint density at radius 3 is 1.61 bits per heavy atom. The van der Waals surface area contributed by atoms with Crippen LogP contribution in [-0.4, -0.2) is 94.3 Å². The second-order valence-electron chi connectivity index (χ2n) is 8.48. The number of alkyl halides is 2. The van der Waals surface area contributed by atoms with E-state index < -0.39 is 47.2 Å². The molecule has 1 aromatic rings. The van der Waals surface area contributed by atoms with Crippen LogP contribution in [0.5, 0.6) is 17.2 Å². The van der Waals surface area contributed by atoms with Gasteiger partial charge in [-0.25, -0.2) is 0 Å². The Morgan fingerprint density at radius 1 is 0.816 bits per heavy atom. The third-order valence-electron chi connectivity index (χ3n) is 6.41. The first kappa shape index (κ1) is 31.7. The number of hydrogen-bond acceptors (Lipinski definition) is 10. The lowest BCUT2D eigenvalue weighted by molar-refractivity contribution is -0.164. The minimum Gasteiger partial charge on any atom is -0.493 e. The van der Waals surface area contributed by atoms with E-state index in [0.717, 1.165) is 0 Å². The van der Waals surface area contributed by atoms with Crippen LogP contribution in [0.1, 0.15) is 25.3 Å². The SMILES string of the molecule is CCOC(=O)[C@H]1C(=O)C(CN(CCCl)CCCl)C(=O)[C@H](C(=O)OCC)C1c1cc(OC)c(OC)c(OC)c1. The maximum Gasteiger partial charge on any atom is 0.317 e. The molecule has 0 unspecified atom stereocenters. The highest BCUT2D eigenvalue weighted by molar-refractivity contribution is 6.19. The van der Waals surface area contributed by atoms with Gasteiger partial charge in [0.15, 0.2) is 23.1 Å². The average molecular weight is 576 g/mol. The van der Waals surface area contributed by atoms with Crippen LogP contribution >= 0.6 is 23.2 Å². The van der Waals surface area contributed by atoms with E-state index in [0.29, 0.717) is 13.1 Å². The zero-order chi connectivity index (χ0) is 28.4. The van der Waals surface area contributed by atoms with Crippen molar-refractivity contribution in [2.24, 2.45) is 17.8 Å². The fourth-order valence-corrected chi connectivity index (χ4v) is 5.24. The number of rotatable bonds is 14. The molecule has 0 amide bonds. The zero-order valence-corrected chi connectivity index (χ0v) is 23.8. The van der Waals surface area contributed by atoms with Crippen molar-refractivity contribution in [2.75, 3.05) is 65.9 Å². The number of carbonyl (C=O) groups is 4. The summed E-state index contributed by atoms with van der Waals surface area (Å²) in [5, 5.41) is 0. The lowest BCUT2D eigenvalue weighted by Gasteiger charge is -2.39. The van der Waals surface area contributed by atoms with Gasteiger partial charge in [-0.2, -0.15) is 0 Å². The highest BCUT2D eigenvalue weighted by Gasteiger charge is 2.57. The standard InChI is InChI=1S/C26H35Cl2NO9/c1-6-37-25(32)20-19(15-12-17(34-3)24(36-5)18(13-15)35-4)21(26(33)38-7-2)23(31)16(22(20)30)14-29(10-8-27)11-9-28/h12-13,16,19-21H,6-11,14H2,1-5H3/t16?,19?,20-,21-/m1/s1. The normalized spacial score (nSPS) is 21.3. The third kappa shape index (κ3) is 6.90. The van der Waals surface area contributed by atoms with Gasteiger partial charge in [0.25, 0.3) is 0 Å². The molecular formula is C26H35Cl2NO9. The molecule has 0 aliphatic heterocycles. The summed E-state index contributed by atoms with van der Waals surface area (Å²) >= 11 is 11.8. The molecule has 0 radical (unpaired) electrons. The number of nitrogens with zero attached hydrogens (tertiary/aromatic N) is 1. The molecule has 1 aliphatic rings. The first-order chi connectivity index (χ1) is 18.2. The van der Waals surface area contributed by atoms with Crippen molar-refractivity contribution in [2.45, 2.75) is 19.8 Å². The van der Waals surface area contributed by atoms with Crippen molar-refractivity contribution in [3.63, 3.8) is 0 Å². The summed E-state index contributed by atoms with van der Waals surface area (Å²) in [5.74, 6) is -7.25. The molecule has 38 heavy (non-hydrogen) atoms. The number of esters is 2. The van der Waals surface area contributed by atoms with Gasteiger partial charge in [-0.1, -0.05) is 0 Å². The van der Waals surface area contributed by atoms with Crippen LogP contribution in [0, 0.1) is 17.8 Å². The van der Waals surface area contributed by atoms with Crippen molar-refractivity contribution in [1.29, 1.82) is 0 Å². The Morgan fingerprint density at radius 2 is 1.26 bits per heavy atom. The van der Waals surface area contributed by atoms with Gasteiger partial charge in [-0.15, -0.1) is 23.2 Å². The van der Waals surface area contributed by atoms with Gasteiger partial charge in [0.05, 0.1) is 40.5 Å². The number of halogens is 2. The van der Waals surface area contributed by atoms with Gasteiger partial charge in [-0.3, -0.25) is 24.1 Å². The summed E-state index contributed by atoms with van der Waals surface area (Å²) < 4.78 is 26.8. The Bertz CT molecular complexity index is 934. The molecular weight excluding hydrogens is 541 g/mol. The van der Waals surface area contributed by atoms with E-state index in [1.807, 2.05) is 0 Å². The third-order valence-corrected chi connectivity index (χ3v) is 6.75. The largest absolute Gasteiger partial charge is 0.493 e. The zero-order valence-electron chi connectivity index (χ0n) is 22.3. The van der Waals surface area contributed by atoms with Crippen molar-refractivity contribution in [1.82, 2.24) is 4.90 Å². The van der Waals surface area contributed by atoms with E-state index in [4.69, 9.17) is 46.9 Å². The van der Waals surface area contributed by atoms with Crippen molar-refractivity contribution in [3.05, 3.63) is 17.7 Å². The van der Waals surface area contributed by atoms with Crippen LogP contribution in [0.3, 0.4) is 0 Å². The topological polar surface area (TPSA) is 118 Å². The summed E-state index contributed by atoms with van der Waals surface area (Å²) in [6.07, 6.45) is 0. The van der Waals surface area contributed by atoms with Crippen LogP contribution < -0.4 is 14.2 Å². The molecule has 12 heteroatoms. The summed E-state index contributed by atoms with van der Waals surface area (Å²) in [6.45, 7) is 3.87. The molecule has 1 aliphatic carbocycles. The van der Waals surface area contributed by atoms with E-state index in [-0.39, 0.29) is 54.3 Å². The Balaban J connectivity index is 2.77. The molecule has 1 saturated carbocycles. The first-order valence-corrected chi connectivity index (χ1v) is 13.4. The van der Waals surface area contributed by atoms with Gasteiger partial charge < -0.3 is 23.7 Å². The number of hydrogen-bond donors (Lipinski definition) is 0. The van der Waals surface area contributed by atoms with Crippen molar-refractivity contribution < 1.29 is 42.9 Å². The van der Waals surface area contributed by atoms with Gasteiger partial charge in [0, 0.05) is 37.3 Å². The van der Waals surface area contributed by atoms with Gasteiger partial charge in [-0.05, 0) is 31.5 Å². The molecule has 2 atom stereocenters. The summed E-state index contributed by atoms with van der Waals surface area (Å²) in [5.41, 5.74) is 0.286. The molecule has 0 saturated heterocycles. The fraction of sp³-hybridized carbons (Fsp3) is 0.615. The monoisotopic (exact) mass is 575 g/mol. The molecule has 212 valence electrons. The van der Waals surface area contributed by atoms with Crippen LogP contribution in [0.4, 0.5) is 0 Å². The number of ether oxygens (including phenoxy) is 5. The second kappa shape index (κ2) is 15.1. The fourth-order valence-electron chi connectivity index (χ4n) is 4.76. The quantitative estimate of drug-likeness (QED) is 0.186. The Labute approximate surface area is 232 Å². The van der Waals surface area contributed by atoms with Crippen LogP contribution in [0.25, 0.3) is 0 Å². The van der Waals surface area contributed by atoms with E-state index in [9.17, 15) is 19.2 Å². The maximum absolute atomic E-state index is 13.9. The van der Waals surface area contributed by atoms with Crippen molar-refractivity contribution >= 4 is 46.7 Å². The first-order valence-electron chi connectivity index (χ1n) is 12.3. The number of carbonyl (C=O) groups excluding carboxylic acids is 4. The molecule has 0 bridgehead atoms. The van der Waals surface area contributed by atoms with E-state index in [2.05, 4.69) is 0 Å². The van der Waals surface area contributed by atoms with E-state index >= 15 is 0 Å². The number of ketones is 2. The van der Waals surface area contributed by atoms with Gasteiger partial charge in [0.2, 0.25) is 5.75 Å². The lowest BCUT2D eigenvalue weighted by atomic mass is 9.63. The molecule has 2 rings (SSSR count). The minimum absolute atomic E-state index is 0.00209. The number of benzene rings is 1. The Kier molecular flexibility index (Phi) is 12.6.